The van der Waals surface area contributed by atoms with Crippen LogP contribution in [0.3, 0.4) is 0 Å². The molecule has 0 bridgehead atoms. The van der Waals surface area contributed by atoms with Gasteiger partial charge in [0.05, 0.1) is 11.4 Å². The van der Waals surface area contributed by atoms with Gasteiger partial charge in [0.2, 0.25) is 0 Å². The van der Waals surface area contributed by atoms with E-state index in [0.29, 0.717) is 11.4 Å². The van der Waals surface area contributed by atoms with Crippen LogP contribution in [0.1, 0.15) is 5.56 Å². The van der Waals surface area contributed by atoms with Crippen LogP contribution in [-0.2, 0) is 0 Å². The Morgan fingerprint density at radius 1 is 0.600 bits per heavy atom. The molecule has 6 nitrogen and oxygen atoms in total. The second kappa shape index (κ2) is 7.35. The number of aromatic hydroxyl groups is 2. The summed E-state index contributed by atoms with van der Waals surface area (Å²) in [7, 11) is 0. The molecule has 0 atom stereocenters. The topological polar surface area (TPSA) is 89.9 Å². The molecule has 3 aromatic rings. The highest BCUT2D eigenvalue weighted by Crippen LogP contribution is 2.39. The van der Waals surface area contributed by atoms with E-state index >= 15 is 0 Å². The third kappa shape index (κ3) is 4.26. The number of phenolic OH excluding ortho intramolecular Hbond substituents is 2. The SMILES string of the molecule is Cc1ccc(N=Nc2cc(N=Nc3ccccc3)c(O)cc2O)cc1. The Kier molecular flexibility index (Phi) is 4.80. The smallest absolute Gasteiger partial charge is 0.146 e. The first-order valence-electron chi connectivity index (χ1n) is 7.63. The van der Waals surface area contributed by atoms with Gasteiger partial charge in [-0.15, -0.1) is 10.2 Å². The maximum atomic E-state index is 9.94. The minimum Gasteiger partial charge on any atom is -0.505 e. The minimum atomic E-state index is -0.188. The Morgan fingerprint density at radius 3 is 1.68 bits per heavy atom. The summed E-state index contributed by atoms with van der Waals surface area (Å²) in [6.07, 6.45) is 0. The molecular formula is C19H16N4O2. The second-order valence-corrected chi connectivity index (χ2v) is 5.40. The molecule has 0 spiro atoms. The van der Waals surface area contributed by atoms with E-state index in [1.807, 2.05) is 49.4 Å². The number of azo groups is 2. The predicted octanol–water partition coefficient (Wildman–Crippen LogP) is 6.24. The molecule has 0 aromatic heterocycles. The summed E-state index contributed by atoms with van der Waals surface area (Å²) in [5.74, 6) is -0.376. The van der Waals surface area contributed by atoms with Gasteiger partial charge in [-0.05, 0) is 31.2 Å². The molecule has 124 valence electrons. The first-order valence-corrected chi connectivity index (χ1v) is 7.63. The minimum absolute atomic E-state index is 0.188. The standard InChI is InChI=1S/C19H16N4O2/c1-13-7-9-15(10-8-13)21-23-17-11-16(18(24)12-19(17)25)22-20-14-5-3-2-4-6-14/h2-12,24-25H,1H3. The fourth-order valence-electron chi connectivity index (χ4n) is 2.04. The third-order valence-electron chi connectivity index (χ3n) is 3.41. The summed E-state index contributed by atoms with van der Waals surface area (Å²) in [6, 6.07) is 19.2. The van der Waals surface area contributed by atoms with Gasteiger partial charge in [0.15, 0.2) is 0 Å². The second-order valence-electron chi connectivity index (χ2n) is 5.40. The van der Waals surface area contributed by atoms with E-state index in [1.54, 1.807) is 12.1 Å². The van der Waals surface area contributed by atoms with Crippen molar-refractivity contribution in [2.75, 3.05) is 0 Å². The van der Waals surface area contributed by atoms with E-state index in [1.165, 1.54) is 12.1 Å². The summed E-state index contributed by atoms with van der Waals surface area (Å²) in [6.45, 7) is 1.98. The zero-order valence-corrected chi connectivity index (χ0v) is 13.5. The summed E-state index contributed by atoms with van der Waals surface area (Å²) < 4.78 is 0. The lowest BCUT2D eigenvalue weighted by atomic mass is 10.2. The summed E-state index contributed by atoms with van der Waals surface area (Å²) in [4.78, 5) is 0. The molecule has 3 aromatic carbocycles. The van der Waals surface area contributed by atoms with Gasteiger partial charge in [0.1, 0.15) is 22.9 Å². The maximum Gasteiger partial charge on any atom is 0.146 e. The number of aryl methyl sites for hydroxylation is 1. The number of benzene rings is 3. The molecule has 0 radical (unpaired) electrons. The Morgan fingerprint density at radius 2 is 1.12 bits per heavy atom. The van der Waals surface area contributed by atoms with Crippen LogP contribution in [0.2, 0.25) is 0 Å². The lowest BCUT2D eigenvalue weighted by Gasteiger charge is -2.02. The Hall–Kier alpha value is -3.54. The van der Waals surface area contributed by atoms with Crippen LogP contribution in [-0.4, -0.2) is 10.2 Å². The van der Waals surface area contributed by atoms with Crippen molar-refractivity contribution >= 4 is 22.7 Å². The maximum absolute atomic E-state index is 9.94. The van der Waals surface area contributed by atoms with Crippen LogP contribution < -0.4 is 0 Å². The fraction of sp³-hybridized carbons (Fsp3) is 0.0526. The molecule has 0 saturated carbocycles. The summed E-state index contributed by atoms with van der Waals surface area (Å²) >= 11 is 0. The molecule has 3 rings (SSSR count). The molecule has 0 saturated heterocycles. The summed E-state index contributed by atoms with van der Waals surface area (Å²) in [5.41, 5.74) is 2.82. The van der Waals surface area contributed by atoms with E-state index in [9.17, 15) is 10.2 Å². The van der Waals surface area contributed by atoms with Crippen LogP contribution in [0, 0.1) is 6.92 Å². The zero-order chi connectivity index (χ0) is 17.6. The lowest BCUT2D eigenvalue weighted by Crippen LogP contribution is -1.73. The highest BCUT2D eigenvalue weighted by molar-refractivity contribution is 5.65. The van der Waals surface area contributed by atoms with E-state index in [2.05, 4.69) is 20.5 Å². The van der Waals surface area contributed by atoms with Gasteiger partial charge in [-0.25, -0.2) is 0 Å². The van der Waals surface area contributed by atoms with Crippen molar-refractivity contribution in [2.45, 2.75) is 6.92 Å². The van der Waals surface area contributed by atoms with Crippen molar-refractivity contribution < 1.29 is 10.2 Å². The van der Waals surface area contributed by atoms with Crippen molar-refractivity contribution in [1.82, 2.24) is 0 Å². The van der Waals surface area contributed by atoms with Crippen molar-refractivity contribution in [1.29, 1.82) is 0 Å². The van der Waals surface area contributed by atoms with Gasteiger partial charge >= 0.3 is 0 Å². The van der Waals surface area contributed by atoms with E-state index in [4.69, 9.17) is 0 Å². The van der Waals surface area contributed by atoms with E-state index < -0.39 is 0 Å². The van der Waals surface area contributed by atoms with Gasteiger partial charge in [0.25, 0.3) is 0 Å². The molecular weight excluding hydrogens is 316 g/mol. The molecule has 2 N–H and O–H groups in total. The van der Waals surface area contributed by atoms with Crippen LogP contribution in [0.15, 0.2) is 87.2 Å². The lowest BCUT2D eigenvalue weighted by molar-refractivity contribution is 0.452. The number of hydrogen-bond acceptors (Lipinski definition) is 6. The number of hydrogen-bond donors (Lipinski definition) is 2. The average molecular weight is 332 g/mol. The first-order chi connectivity index (χ1) is 12.1. The highest BCUT2D eigenvalue weighted by atomic mass is 16.3. The molecule has 0 aliphatic heterocycles. The summed E-state index contributed by atoms with van der Waals surface area (Å²) in [5, 5.41) is 36.0. The molecule has 0 heterocycles. The van der Waals surface area contributed by atoms with E-state index in [0.717, 1.165) is 5.56 Å². The largest absolute Gasteiger partial charge is 0.505 e. The molecule has 0 unspecified atom stereocenters. The van der Waals surface area contributed by atoms with Crippen LogP contribution >= 0.6 is 0 Å². The predicted molar refractivity (Wildman–Crippen MR) is 95.7 cm³/mol. The van der Waals surface area contributed by atoms with Crippen LogP contribution in [0.5, 0.6) is 11.5 Å². The van der Waals surface area contributed by atoms with Crippen molar-refractivity contribution in [3.05, 3.63) is 72.3 Å². The number of nitrogens with zero attached hydrogens (tertiary/aromatic N) is 4. The molecule has 0 aliphatic rings. The van der Waals surface area contributed by atoms with Gasteiger partial charge < -0.3 is 10.2 Å². The van der Waals surface area contributed by atoms with Crippen molar-refractivity contribution in [3.8, 4) is 11.5 Å². The van der Waals surface area contributed by atoms with Gasteiger partial charge in [-0.3, -0.25) is 0 Å². The number of rotatable bonds is 4. The first kappa shape index (κ1) is 16.3. The Labute approximate surface area is 144 Å². The molecule has 0 amide bonds. The highest BCUT2D eigenvalue weighted by Gasteiger charge is 2.08. The van der Waals surface area contributed by atoms with Crippen LogP contribution in [0.25, 0.3) is 0 Å². The monoisotopic (exact) mass is 332 g/mol. The normalized spacial score (nSPS) is 11.4. The van der Waals surface area contributed by atoms with Crippen molar-refractivity contribution in [3.63, 3.8) is 0 Å². The van der Waals surface area contributed by atoms with Crippen molar-refractivity contribution in [2.24, 2.45) is 20.5 Å². The Bertz CT molecular complexity index is 920. The molecule has 0 fully saturated rings. The van der Waals surface area contributed by atoms with Gasteiger partial charge in [-0.2, -0.15) is 10.2 Å². The molecule has 25 heavy (non-hydrogen) atoms. The Balaban J connectivity index is 1.87. The molecule has 0 aliphatic carbocycles. The molecule has 6 heteroatoms. The van der Waals surface area contributed by atoms with Gasteiger partial charge in [-0.1, -0.05) is 35.9 Å². The van der Waals surface area contributed by atoms with E-state index in [-0.39, 0.29) is 22.9 Å². The quantitative estimate of drug-likeness (QED) is 0.554. The number of phenols is 2. The fourth-order valence-corrected chi connectivity index (χ4v) is 2.04. The average Bonchev–Trinajstić information content (AvgIpc) is 2.62. The third-order valence-corrected chi connectivity index (χ3v) is 3.41. The zero-order valence-electron chi connectivity index (χ0n) is 13.5. The van der Waals surface area contributed by atoms with Gasteiger partial charge in [0, 0.05) is 12.1 Å². The van der Waals surface area contributed by atoms with Crippen LogP contribution in [0.4, 0.5) is 22.7 Å².